The van der Waals surface area contributed by atoms with Gasteiger partial charge in [-0.15, -0.1) is 22.7 Å². The second-order valence-electron chi connectivity index (χ2n) is 9.10. The highest BCUT2D eigenvalue weighted by Crippen LogP contribution is 2.40. The van der Waals surface area contributed by atoms with Crippen molar-refractivity contribution in [1.82, 2.24) is 14.9 Å². The van der Waals surface area contributed by atoms with Crippen molar-refractivity contribution in [1.29, 1.82) is 0 Å². The van der Waals surface area contributed by atoms with E-state index in [-0.39, 0.29) is 5.91 Å². The maximum atomic E-state index is 12.8. The Kier molecular flexibility index (Phi) is 6.05. The molecule has 34 heavy (non-hydrogen) atoms. The zero-order valence-corrected chi connectivity index (χ0v) is 20.8. The molecule has 3 aromatic heterocycles. The molecule has 0 spiro atoms. The Labute approximate surface area is 208 Å². The summed E-state index contributed by atoms with van der Waals surface area (Å²) in [5.41, 5.74) is 2.80. The van der Waals surface area contributed by atoms with Gasteiger partial charge in [0.25, 0.3) is 5.91 Å². The molecule has 0 radical (unpaired) electrons. The second kappa shape index (κ2) is 9.47. The first-order chi connectivity index (χ1) is 16.8. The van der Waals surface area contributed by atoms with Gasteiger partial charge in [-0.1, -0.05) is 36.4 Å². The van der Waals surface area contributed by atoms with Crippen LogP contribution in [-0.2, 0) is 25.7 Å². The third-order valence-corrected chi connectivity index (χ3v) is 8.96. The van der Waals surface area contributed by atoms with Crippen LogP contribution < -0.4 is 4.90 Å². The van der Waals surface area contributed by atoms with Crippen LogP contribution in [-0.4, -0.2) is 47.0 Å². The van der Waals surface area contributed by atoms with Gasteiger partial charge >= 0.3 is 0 Å². The molecule has 2 aliphatic rings. The van der Waals surface area contributed by atoms with Gasteiger partial charge in [0.15, 0.2) is 0 Å². The van der Waals surface area contributed by atoms with Crippen LogP contribution in [0.1, 0.15) is 44.3 Å². The van der Waals surface area contributed by atoms with E-state index in [2.05, 4.69) is 35.2 Å². The Bertz CT molecular complexity index is 1290. The number of fused-ring (bicyclic) bond motifs is 3. The lowest BCUT2D eigenvalue weighted by molar-refractivity contribution is 0.0751. The molecule has 7 heteroatoms. The first-order valence-electron chi connectivity index (χ1n) is 12.2. The normalized spacial score (nSPS) is 16.1. The molecule has 4 aromatic rings. The molecule has 1 aromatic carbocycles. The topological polar surface area (TPSA) is 49.3 Å². The molecule has 6 rings (SSSR count). The zero-order valence-electron chi connectivity index (χ0n) is 19.2. The van der Waals surface area contributed by atoms with Gasteiger partial charge in [0.2, 0.25) is 0 Å². The minimum atomic E-state index is 0.152. The number of nitrogens with zero attached hydrogens (tertiary/aromatic N) is 4. The average Bonchev–Trinajstić information content (AvgIpc) is 3.56. The van der Waals surface area contributed by atoms with Crippen molar-refractivity contribution < 1.29 is 4.79 Å². The quantitative estimate of drug-likeness (QED) is 0.378. The Morgan fingerprint density at radius 2 is 1.74 bits per heavy atom. The van der Waals surface area contributed by atoms with E-state index in [1.165, 1.54) is 45.6 Å². The summed E-state index contributed by atoms with van der Waals surface area (Å²) >= 11 is 3.40. The molecule has 1 amide bonds. The van der Waals surface area contributed by atoms with Crippen LogP contribution in [0.25, 0.3) is 10.2 Å². The number of benzene rings is 1. The molecular weight excluding hydrogens is 460 g/mol. The van der Waals surface area contributed by atoms with Gasteiger partial charge in [-0.2, -0.15) is 0 Å². The third kappa shape index (κ3) is 4.23. The maximum Gasteiger partial charge on any atom is 0.264 e. The van der Waals surface area contributed by atoms with Crippen LogP contribution in [0.5, 0.6) is 0 Å². The molecule has 1 aliphatic heterocycles. The second-order valence-corrected chi connectivity index (χ2v) is 11.1. The number of carbonyl (C=O) groups excluding carboxylic acids is 1. The molecule has 1 saturated heterocycles. The van der Waals surface area contributed by atoms with Crippen LogP contribution in [0, 0.1) is 0 Å². The number of aryl methyl sites for hydroxylation is 4. The van der Waals surface area contributed by atoms with E-state index in [9.17, 15) is 4.79 Å². The zero-order chi connectivity index (χ0) is 22.9. The smallest absolute Gasteiger partial charge is 0.264 e. The van der Waals surface area contributed by atoms with Crippen molar-refractivity contribution in [2.45, 2.75) is 38.5 Å². The largest absolute Gasteiger partial charge is 0.352 e. The van der Waals surface area contributed by atoms with Crippen molar-refractivity contribution >= 4 is 44.6 Å². The van der Waals surface area contributed by atoms with Crippen molar-refractivity contribution in [2.24, 2.45) is 0 Å². The number of amides is 1. The molecule has 0 atom stereocenters. The van der Waals surface area contributed by atoms with Gasteiger partial charge in [0.1, 0.15) is 16.5 Å². The van der Waals surface area contributed by atoms with E-state index in [0.717, 1.165) is 73.2 Å². The van der Waals surface area contributed by atoms with Crippen LogP contribution in [0.2, 0.25) is 0 Å². The molecule has 4 heterocycles. The number of carbonyl (C=O) groups is 1. The van der Waals surface area contributed by atoms with Gasteiger partial charge in [-0.25, -0.2) is 9.97 Å². The van der Waals surface area contributed by atoms with Crippen LogP contribution in [0.4, 0.5) is 5.82 Å². The summed E-state index contributed by atoms with van der Waals surface area (Å²) in [5.74, 6) is 2.18. The predicted molar refractivity (Wildman–Crippen MR) is 140 cm³/mol. The van der Waals surface area contributed by atoms with Gasteiger partial charge in [0.05, 0.1) is 10.3 Å². The van der Waals surface area contributed by atoms with E-state index in [0.29, 0.717) is 0 Å². The van der Waals surface area contributed by atoms with E-state index in [4.69, 9.17) is 9.97 Å². The van der Waals surface area contributed by atoms with E-state index < -0.39 is 0 Å². The van der Waals surface area contributed by atoms with Gasteiger partial charge in [0, 0.05) is 37.5 Å². The maximum absolute atomic E-state index is 12.8. The SMILES string of the molecule is O=C(c1cccs1)N1CCN(c2nc(CCc3ccccc3)nc3sc4c(c23)CCCC4)CC1. The fourth-order valence-electron chi connectivity index (χ4n) is 5.10. The minimum Gasteiger partial charge on any atom is -0.352 e. The number of rotatable bonds is 5. The first-order valence-corrected chi connectivity index (χ1v) is 13.9. The van der Waals surface area contributed by atoms with Crippen molar-refractivity contribution in [3.05, 3.63) is 74.6 Å². The van der Waals surface area contributed by atoms with Gasteiger partial charge < -0.3 is 9.80 Å². The Morgan fingerprint density at radius 3 is 2.53 bits per heavy atom. The molecule has 5 nitrogen and oxygen atoms in total. The van der Waals surface area contributed by atoms with Crippen molar-refractivity contribution in [3.8, 4) is 0 Å². The van der Waals surface area contributed by atoms with E-state index in [1.54, 1.807) is 0 Å². The van der Waals surface area contributed by atoms with Gasteiger partial charge in [-0.3, -0.25) is 4.79 Å². The Morgan fingerprint density at radius 1 is 0.912 bits per heavy atom. The summed E-state index contributed by atoms with van der Waals surface area (Å²) in [6.45, 7) is 3.08. The fraction of sp³-hybridized carbons (Fsp3) is 0.370. The molecule has 0 unspecified atom stereocenters. The Balaban J connectivity index is 1.29. The number of anilines is 1. The Hall–Kier alpha value is -2.77. The highest BCUT2D eigenvalue weighted by Gasteiger charge is 2.28. The number of hydrogen-bond donors (Lipinski definition) is 0. The monoisotopic (exact) mass is 488 g/mol. The lowest BCUT2D eigenvalue weighted by Crippen LogP contribution is -2.49. The first kappa shape index (κ1) is 21.7. The summed E-state index contributed by atoms with van der Waals surface area (Å²) < 4.78 is 0. The summed E-state index contributed by atoms with van der Waals surface area (Å²) in [4.78, 5) is 30.9. The van der Waals surface area contributed by atoms with Crippen LogP contribution in [0.3, 0.4) is 0 Å². The molecular formula is C27H28N4OS2. The highest BCUT2D eigenvalue weighted by molar-refractivity contribution is 7.19. The standard InChI is InChI=1S/C27H28N4OS2/c32-27(22-11-6-18-33-22)31-16-14-30(15-17-31)25-24-20-9-4-5-10-21(20)34-26(24)29-23(28-25)13-12-19-7-2-1-3-8-19/h1-3,6-8,11,18H,4-5,9-10,12-17H2. The van der Waals surface area contributed by atoms with Gasteiger partial charge in [-0.05, 0) is 54.7 Å². The molecule has 0 N–H and O–H groups in total. The summed E-state index contributed by atoms with van der Waals surface area (Å²) in [6.07, 6.45) is 6.60. The summed E-state index contributed by atoms with van der Waals surface area (Å²) in [6, 6.07) is 14.5. The third-order valence-electron chi connectivity index (χ3n) is 6.92. The predicted octanol–water partition coefficient (Wildman–Crippen LogP) is 5.38. The summed E-state index contributed by atoms with van der Waals surface area (Å²) in [7, 11) is 0. The highest BCUT2D eigenvalue weighted by atomic mass is 32.1. The molecule has 0 bridgehead atoms. The van der Waals surface area contributed by atoms with Crippen LogP contribution in [0.15, 0.2) is 47.8 Å². The molecule has 174 valence electrons. The number of aromatic nitrogens is 2. The fourth-order valence-corrected chi connectivity index (χ4v) is 7.07. The van der Waals surface area contributed by atoms with E-state index >= 15 is 0 Å². The summed E-state index contributed by atoms with van der Waals surface area (Å²) in [5, 5.41) is 3.25. The average molecular weight is 489 g/mol. The van der Waals surface area contributed by atoms with Crippen molar-refractivity contribution in [3.63, 3.8) is 0 Å². The lowest BCUT2D eigenvalue weighted by atomic mass is 9.96. The number of thiophene rings is 2. The number of hydrogen-bond acceptors (Lipinski definition) is 6. The van der Waals surface area contributed by atoms with Crippen LogP contribution >= 0.6 is 22.7 Å². The molecule has 0 saturated carbocycles. The molecule has 1 aliphatic carbocycles. The van der Waals surface area contributed by atoms with E-state index in [1.807, 2.05) is 33.7 Å². The minimum absolute atomic E-state index is 0.152. The molecule has 1 fully saturated rings. The number of piperazine rings is 1. The van der Waals surface area contributed by atoms with Crippen molar-refractivity contribution in [2.75, 3.05) is 31.1 Å². The lowest BCUT2D eigenvalue weighted by Gasteiger charge is -2.35.